The summed E-state index contributed by atoms with van der Waals surface area (Å²) in [6, 6.07) is 18.7. The molecule has 4 aromatic rings. The fraction of sp³-hybridized carbons (Fsp3) is 0.222. The van der Waals surface area contributed by atoms with Crippen molar-refractivity contribution in [3.05, 3.63) is 82.7 Å². The lowest BCUT2D eigenvalue weighted by molar-refractivity contribution is 0.102. The van der Waals surface area contributed by atoms with Crippen molar-refractivity contribution in [1.82, 2.24) is 15.0 Å². The normalized spacial score (nSPS) is 11.0. The molecule has 8 heteroatoms. The van der Waals surface area contributed by atoms with Crippen molar-refractivity contribution >= 4 is 23.2 Å². The summed E-state index contributed by atoms with van der Waals surface area (Å²) in [7, 11) is 3.96. The van der Waals surface area contributed by atoms with Gasteiger partial charge in [-0.1, -0.05) is 41.0 Å². The lowest BCUT2D eigenvalue weighted by atomic mass is 9.97. The van der Waals surface area contributed by atoms with Gasteiger partial charge in [0.2, 0.25) is 11.7 Å². The maximum absolute atomic E-state index is 12.9. The zero-order valence-electron chi connectivity index (χ0n) is 20.1. The highest BCUT2D eigenvalue weighted by atomic mass is 35.5. The maximum atomic E-state index is 12.9. The summed E-state index contributed by atoms with van der Waals surface area (Å²) >= 11 is 6.30. The maximum Gasteiger partial charge on any atom is 0.255 e. The van der Waals surface area contributed by atoms with Gasteiger partial charge in [0, 0.05) is 30.7 Å². The van der Waals surface area contributed by atoms with Crippen molar-refractivity contribution in [2.45, 2.75) is 13.8 Å². The van der Waals surface area contributed by atoms with Gasteiger partial charge in [-0.25, -0.2) is 0 Å². The fourth-order valence-corrected chi connectivity index (χ4v) is 3.74. The first-order valence-corrected chi connectivity index (χ1v) is 11.6. The Morgan fingerprint density at radius 2 is 1.77 bits per heavy atom. The third kappa shape index (κ3) is 6.07. The van der Waals surface area contributed by atoms with E-state index in [2.05, 4.69) is 15.5 Å². The molecule has 35 heavy (non-hydrogen) atoms. The predicted octanol–water partition coefficient (Wildman–Crippen LogP) is 5.87. The first-order valence-electron chi connectivity index (χ1n) is 11.2. The molecule has 180 valence electrons. The number of aromatic nitrogens is 2. The molecule has 0 radical (unpaired) electrons. The molecule has 1 N–H and O–H groups in total. The highest BCUT2D eigenvalue weighted by Crippen LogP contribution is 2.29. The van der Waals surface area contributed by atoms with Crippen LogP contribution in [0.4, 0.5) is 5.69 Å². The number of carbonyl (C=O) groups is 1. The molecule has 0 saturated heterocycles. The van der Waals surface area contributed by atoms with Gasteiger partial charge in [0.15, 0.2) is 0 Å². The number of rotatable bonds is 8. The molecular weight excluding hydrogens is 464 g/mol. The molecule has 0 aliphatic rings. The van der Waals surface area contributed by atoms with Gasteiger partial charge in [0.1, 0.15) is 12.4 Å². The molecule has 0 aliphatic carbocycles. The van der Waals surface area contributed by atoms with Crippen LogP contribution in [0.2, 0.25) is 5.02 Å². The second-order valence-electron chi connectivity index (χ2n) is 8.49. The van der Waals surface area contributed by atoms with Gasteiger partial charge >= 0.3 is 0 Å². The van der Waals surface area contributed by atoms with Crippen LogP contribution in [0.5, 0.6) is 5.75 Å². The quantitative estimate of drug-likeness (QED) is 0.333. The summed E-state index contributed by atoms with van der Waals surface area (Å²) < 4.78 is 10.8. The molecule has 4 rings (SSSR count). The van der Waals surface area contributed by atoms with Gasteiger partial charge < -0.3 is 19.5 Å². The van der Waals surface area contributed by atoms with E-state index in [9.17, 15) is 4.79 Å². The molecule has 0 aliphatic heterocycles. The van der Waals surface area contributed by atoms with Gasteiger partial charge in [-0.15, -0.1) is 0 Å². The van der Waals surface area contributed by atoms with Gasteiger partial charge in [-0.2, -0.15) is 4.98 Å². The Bertz CT molecular complexity index is 1330. The first kappa shape index (κ1) is 24.4. The second kappa shape index (κ2) is 10.7. The van der Waals surface area contributed by atoms with E-state index < -0.39 is 0 Å². The number of halogens is 1. The molecule has 0 fully saturated rings. The monoisotopic (exact) mass is 490 g/mol. The highest BCUT2D eigenvalue weighted by molar-refractivity contribution is 6.34. The van der Waals surface area contributed by atoms with Crippen LogP contribution < -0.4 is 10.1 Å². The molecular formula is C27H27ClN4O3. The zero-order valence-corrected chi connectivity index (χ0v) is 20.9. The van der Waals surface area contributed by atoms with E-state index in [1.807, 2.05) is 56.3 Å². The second-order valence-corrected chi connectivity index (χ2v) is 8.90. The number of likely N-dealkylation sites (N-methyl/N-ethyl adjacent to an activating group) is 1. The van der Waals surface area contributed by atoms with Crippen molar-refractivity contribution in [3.8, 4) is 28.3 Å². The average Bonchev–Trinajstić information content (AvgIpc) is 3.27. The van der Waals surface area contributed by atoms with Gasteiger partial charge in [0.05, 0.1) is 10.7 Å². The van der Waals surface area contributed by atoms with E-state index in [1.54, 1.807) is 37.3 Å². The number of hydrogen-bond donors (Lipinski definition) is 1. The Hall–Kier alpha value is -3.68. The van der Waals surface area contributed by atoms with E-state index in [-0.39, 0.29) is 5.91 Å². The Balaban J connectivity index is 1.46. The van der Waals surface area contributed by atoms with Crippen LogP contribution in [-0.4, -0.2) is 48.2 Å². The minimum absolute atomic E-state index is 0.247. The number of nitrogens with zero attached hydrogens (tertiary/aromatic N) is 3. The van der Waals surface area contributed by atoms with Crippen LogP contribution in [0.3, 0.4) is 0 Å². The highest BCUT2D eigenvalue weighted by Gasteiger charge is 2.12. The molecule has 0 bridgehead atoms. The number of amides is 1. The van der Waals surface area contributed by atoms with Crippen LogP contribution in [0.1, 0.15) is 21.8 Å². The largest absolute Gasteiger partial charge is 0.492 e. The summed E-state index contributed by atoms with van der Waals surface area (Å²) in [6.45, 7) is 5.12. The van der Waals surface area contributed by atoms with Crippen LogP contribution >= 0.6 is 11.6 Å². The van der Waals surface area contributed by atoms with Crippen LogP contribution in [-0.2, 0) is 0 Å². The minimum atomic E-state index is -0.247. The van der Waals surface area contributed by atoms with Crippen molar-refractivity contribution in [2.75, 3.05) is 32.6 Å². The lowest BCUT2D eigenvalue weighted by Crippen LogP contribution is -2.19. The van der Waals surface area contributed by atoms with Gasteiger partial charge in [-0.3, -0.25) is 4.79 Å². The van der Waals surface area contributed by atoms with Crippen molar-refractivity contribution in [3.63, 3.8) is 0 Å². The van der Waals surface area contributed by atoms with E-state index in [0.29, 0.717) is 40.3 Å². The van der Waals surface area contributed by atoms with Crippen LogP contribution in [0.15, 0.2) is 65.2 Å². The average molecular weight is 491 g/mol. The Morgan fingerprint density at radius 1 is 1.03 bits per heavy atom. The van der Waals surface area contributed by atoms with Crippen LogP contribution in [0.25, 0.3) is 22.5 Å². The van der Waals surface area contributed by atoms with Gasteiger partial charge in [-0.05, 0) is 68.0 Å². The van der Waals surface area contributed by atoms with E-state index in [1.165, 1.54) is 0 Å². The summed E-state index contributed by atoms with van der Waals surface area (Å²) in [5, 5.41) is 7.31. The standard InChI is InChI=1S/C27H27ClN4O3/c1-17-15-21(26-29-18(2)35-31-26)9-11-23(17)19-5-7-20(8-6-19)27(33)30-25-16-22(10-12-24(25)28)34-14-13-32(3)4/h5-12,15-16H,13-14H2,1-4H3,(H,30,33). The molecule has 1 aromatic heterocycles. The number of nitrogens with one attached hydrogen (secondary N) is 1. The van der Waals surface area contributed by atoms with Crippen molar-refractivity contribution in [2.24, 2.45) is 0 Å². The Labute approximate surface area is 209 Å². The van der Waals surface area contributed by atoms with Crippen molar-refractivity contribution < 1.29 is 14.1 Å². The number of ether oxygens (including phenoxy) is 1. The zero-order chi connectivity index (χ0) is 24.9. The van der Waals surface area contributed by atoms with Crippen LogP contribution in [0, 0.1) is 13.8 Å². The summed E-state index contributed by atoms with van der Waals surface area (Å²) in [5.74, 6) is 1.50. The third-order valence-electron chi connectivity index (χ3n) is 5.46. The number of benzene rings is 3. The Kier molecular flexibility index (Phi) is 7.48. The molecule has 0 unspecified atom stereocenters. The molecule has 3 aromatic carbocycles. The SMILES string of the molecule is Cc1nc(-c2ccc(-c3ccc(C(=O)Nc4cc(OCCN(C)C)ccc4Cl)cc3)c(C)c2)no1. The molecule has 0 atom stereocenters. The van der Waals surface area contributed by atoms with E-state index in [4.69, 9.17) is 20.9 Å². The third-order valence-corrected chi connectivity index (χ3v) is 5.79. The lowest BCUT2D eigenvalue weighted by Gasteiger charge is -2.13. The van der Waals surface area contributed by atoms with Crippen molar-refractivity contribution in [1.29, 1.82) is 0 Å². The summed E-state index contributed by atoms with van der Waals surface area (Å²) in [4.78, 5) is 19.2. The Morgan fingerprint density at radius 3 is 2.43 bits per heavy atom. The fourth-order valence-electron chi connectivity index (χ4n) is 3.57. The summed E-state index contributed by atoms with van der Waals surface area (Å²) in [6.07, 6.45) is 0. The molecule has 1 amide bonds. The number of hydrogen-bond acceptors (Lipinski definition) is 6. The number of anilines is 1. The van der Waals surface area contributed by atoms with Gasteiger partial charge in [0.25, 0.3) is 5.91 Å². The minimum Gasteiger partial charge on any atom is -0.492 e. The van der Waals surface area contributed by atoms with E-state index in [0.717, 1.165) is 28.8 Å². The summed E-state index contributed by atoms with van der Waals surface area (Å²) in [5.41, 5.74) is 5.06. The molecule has 7 nitrogen and oxygen atoms in total. The predicted molar refractivity (Wildman–Crippen MR) is 138 cm³/mol. The number of aryl methyl sites for hydroxylation is 2. The molecule has 0 spiro atoms. The topological polar surface area (TPSA) is 80.5 Å². The smallest absolute Gasteiger partial charge is 0.255 e. The van der Waals surface area contributed by atoms with E-state index >= 15 is 0 Å². The number of carbonyl (C=O) groups excluding carboxylic acids is 1. The molecule has 1 heterocycles. The molecule has 0 saturated carbocycles. The first-order chi connectivity index (χ1) is 16.8.